The zero-order valence-corrected chi connectivity index (χ0v) is 20.3. The lowest BCUT2D eigenvalue weighted by Gasteiger charge is -2.10. The molecule has 12 heteroatoms. The summed E-state index contributed by atoms with van der Waals surface area (Å²) in [7, 11) is -0.0252. The van der Waals surface area contributed by atoms with Gasteiger partial charge in [0, 0.05) is 37.4 Å². The third-order valence-electron chi connectivity index (χ3n) is 5.58. The molecule has 34 heavy (non-hydrogen) atoms. The number of pyridine rings is 2. The Bertz CT molecular complexity index is 1780. The summed E-state index contributed by atoms with van der Waals surface area (Å²) >= 11 is 6.09. The van der Waals surface area contributed by atoms with E-state index in [4.69, 9.17) is 11.6 Å². The van der Waals surface area contributed by atoms with Crippen LogP contribution in [0.2, 0.25) is 5.15 Å². The van der Waals surface area contributed by atoms with E-state index >= 15 is 0 Å². The van der Waals surface area contributed by atoms with Crippen LogP contribution in [-0.2, 0) is 24.1 Å². The summed E-state index contributed by atoms with van der Waals surface area (Å²) in [5, 5.41) is 5.19. The minimum Gasteiger partial charge on any atom is -0.293 e. The fourth-order valence-corrected chi connectivity index (χ4v) is 4.85. The highest BCUT2D eigenvalue weighted by molar-refractivity contribution is 7.92. The molecule has 4 aromatic heterocycles. The molecule has 0 unspecified atom stereocenters. The van der Waals surface area contributed by atoms with Gasteiger partial charge in [-0.25, -0.2) is 18.2 Å². The quantitative estimate of drug-likeness (QED) is 0.381. The van der Waals surface area contributed by atoms with Gasteiger partial charge in [0.15, 0.2) is 5.15 Å². The second kappa shape index (κ2) is 7.67. The van der Waals surface area contributed by atoms with Crippen molar-refractivity contribution in [3.8, 4) is 16.8 Å². The molecule has 1 N–H and O–H groups in total. The average molecular weight is 498 g/mol. The molecule has 0 atom stereocenters. The second-order valence-corrected chi connectivity index (χ2v) is 10.2. The van der Waals surface area contributed by atoms with Crippen LogP contribution in [0.3, 0.4) is 0 Å². The Labute approximate surface area is 199 Å². The van der Waals surface area contributed by atoms with Gasteiger partial charge in [-0.15, -0.1) is 0 Å². The monoisotopic (exact) mass is 497 g/mol. The van der Waals surface area contributed by atoms with E-state index in [1.165, 1.54) is 0 Å². The van der Waals surface area contributed by atoms with E-state index < -0.39 is 10.0 Å². The first-order chi connectivity index (χ1) is 16.0. The number of aromatic nitrogens is 6. The van der Waals surface area contributed by atoms with E-state index in [1.54, 1.807) is 52.6 Å². The van der Waals surface area contributed by atoms with E-state index in [2.05, 4.69) is 19.8 Å². The molecule has 1 aromatic carbocycles. The van der Waals surface area contributed by atoms with Gasteiger partial charge in [0.05, 0.1) is 46.1 Å². The number of halogens is 1. The number of nitrogens with one attached hydrogen (secondary N) is 1. The SMILES string of the molecule is Cc1nn(C)cc1-n1c(=O)n(C)c2cnc3ccc(-c4cnc(Cl)c(NS(C)(=O)=O)c4)cc3c21. The number of nitrogens with zero attached hydrogens (tertiary/aromatic N) is 6. The maximum Gasteiger partial charge on any atom is 0.333 e. The van der Waals surface area contributed by atoms with E-state index in [0.29, 0.717) is 27.8 Å². The van der Waals surface area contributed by atoms with Crippen molar-refractivity contribution in [3.05, 3.63) is 64.2 Å². The zero-order chi connectivity index (χ0) is 24.4. The first-order valence-electron chi connectivity index (χ1n) is 10.2. The topological polar surface area (TPSA) is 117 Å². The van der Waals surface area contributed by atoms with Crippen molar-refractivity contribution in [1.29, 1.82) is 0 Å². The summed E-state index contributed by atoms with van der Waals surface area (Å²) in [6, 6.07) is 7.23. The highest BCUT2D eigenvalue weighted by atomic mass is 35.5. The molecule has 0 spiro atoms. The van der Waals surface area contributed by atoms with Crippen LogP contribution < -0.4 is 10.4 Å². The summed E-state index contributed by atoms with van der Waals surface area (Å²) < 4.78 is 30.7. The largest absolute Gasteiger partial charge is 0.333 e. The van der Waals surface area contributed by atoms with Gasteiger partial charge in [-0.3, -0.25) is 23.5 Å². The van der Waals surface area contributed by atoms with Crippen LogP contribution >= 0.6 is 11.6 Å². The van der Waals surface area contributed by atoms with Gasteiger partial charge in [0.1, 0.15) is 0 Å². The molecule has 4 heterocycles. The fourth-order valence-electron chi connectivity index (χ4n) is 4.08. The van der Waals surface area contributed by atoms with Crippen molar-refractivity contribution in [1.82, 2.24) is 28.9 Å². The number of rotatable bonds is 4. The van der Waals surface area contributed by atoms with E-state index in [-0.39, 0.29) is 16.5 Å². The van der Waals surface area contributed by atoms with Crippen LogP contribution in [0.5, 0.6) is 0 Å². The van der Waals surface area contributed by atoms with Gasteiger partial charge < -0.3 is 0 Å². The molecule has 5 rings (SSSR count). The van der Waals surface area contributed by atoms with Gasteiger partial charge in [-0.2, -0.15) is 5.10 Å². The number of sulfonamides is 1. The van der Waals surface area contributed by atoms with Crippen molar-refractivity contribution < 1.29 is 8.42 Å². The Kier molecular flexibility index (Phi) is 4.99. The highest BCUT2D eigenvalue weighted by Crippen LogP contribution is 2.32. The van der Waals surface area contributed by atoms with Gasteiger partial charge in [0.2, 0.25) is 10.0 Å². The van der Waals surface area contributed by atoms with Crippen molar-refractivity contribution >= 4 is 49.2 Å². The van der Waals surface area contributed by atoms with E-state index in [1.807, 2.05) is 25.1 Å². The number of aryl methyl sites for hydroxylation is 3. The molecule has 174 valence electrons. The molecule has 0 aliphatic rings. The number of imidazole rings is 1. The summed E-state index contributed by atoms with van der Waals surface area (Å²) in [6.07, 6.45) is 6.09. The Balaban J connectivity index is 1.80. The standard InChI is InChI=1S/C22H20ClN7O3S/c1-12-19(11-28(2)26-12)30-20-15-7-13(5-6-16(15)24-10-18(20)29(3)22(30)31)14-8-17(21(23)25-9-14)27-34(4,32)33/h5-11,27H,1-4H3. The third-order valence-corrected chi connectivity index (χ3v) is 6.47. The Morgan fingerprint density at radius 2 is 1.82 bits per heavy atom. The smallest absolute Gasteiger partial charge is 0.293 e. The fraction of sp³-hybridized carbons (Fsp3) is 0.182. The number of benzene rings is 1. The number of hydrogen-bond donors (Lipinski definition) is 1. The van der Waals surface area contributed by atoms with E-state index in [0.717, 1.165) is 22.9 Å². The normalized spacial score (nSPS) is 12.0. The molecule has 0 bridgehead atoms. The van der Waals surface area contributed by atoms with Crippen molar-refractivity contribution in [3.63, 3.8) is 0 Å². The van der Waals surface area contributed by atoms with Gasteiger partial charge in [-0.1, -0.05) is 17.7 Å². The Morgan fingerprint density at radius 1 is 1.06 bits per heavy atom. The maximum absolute atomic E-state index is 13.2. The van der Waals surface area contributed by atoms with Crippen molar-refractivity contribution in [2.24, 2.45) is 14.1 Å². The van der Waals surface area contributed by atoms with Crippen LogP contribution in [0.15, 0.2) is 47.7 Å². The third kappa shape index (κ3) is 3.62. The summed E-state index contributed by atoms with van der Waals surface area (Å²) in [4.78, 5) is 21.9. The Hall–Kier alpha value is -3.70. The van der Waals surface area contributed by atoms with Crippen LogP contribution in [0.4, 0.5) is 5.69 Å². The summed E-state index contributed by atoms with van der Waals surface area (Å²) in [5.74, 6) is 0. The van der Waals surface area contributed by atoms with Gasteiger partial charge >= 0.3 is 5.69 Å². The first-order valence-corrected chi connectivity index (χ1v) is 12.4. The first kappa shape index (κ1) is 22.1. The van der Waals surface area contributed by atoms with Crippen LogP contribution in [-0.4, -0.2) is 43.6 Å². The lowest BCUT2D eigenvalue weighted by Crippen LogP contribution is -2.21. The second-order valence-electron chi connectivity index (χ2n) is 8.11. The predicted molar refractivity (Wildman–Crippen MR) is 132 cm³/mol. The Morgan fingerprint density at radius 3 is 2.50 bits per heavy atom. The molecular weight excluding hydrogens is 478 g/mol. The summed E-state index contributed by atoms with van der Waals surface area (Å²) in [5.41, 5.74) is 4.86. The molecular formula is C22H20ClN7O3S. The molecule has 5 aromatic rings. The highest BCUT2D eigenvalue weighted by Gasteiger charge is 2.19. The minimum atomic E-state index is -3.54. The number of fused-ring (bicyclic) bond motifs is 3. The number of anilines is 1. The van der Waals surface area contributed by atoms with Crippen LogP contribution in [0, 0.1) is 6.92 Å². The molecule has 0 radical (unpaired) electrons. The van der Waals surface area contributed by atoms with Gasteiger partial charge in [0.25, 0.3) is 0 Å². The predicted octanol–water partition coefficient (Wildman–Crippen LogP) is 3.01. The van der Waals surface area contributed by atoms with Crippen molar-refractivity contribution in [2.75, 3.05) is 11.0 Å². The van der Waals surface area contributed by atoms with Crippen LogP contribution in [0.25, 0.3) is 38.8 Å². The summed E-state index contributed by atoms with van der Waals surface area (Å²) in [6.45, 7) is 1.85. The number of hydrogen-bond acceptors (Lipinski definition) is 6. The molecule has 0 aliphatic carbocycles. The molecule has 10 nitrogen and oxygen atoms in total. The lowest BCUT2D eigenvalue weighted by molar-refractivity contribution is 0.607. The average Bonchev–Trinajstić information content (AvgIpc) is 3.23. The molecule has 0 saturated carbocycles. The van der Waals surface area contributed by atoms with Gasteiger partial charge in [-0.05, 0) is 30.7 Å². The lowest BCUT2D eigenvalue weighted by atomic mass is 10.0. The van der Waals surface area contributed by atoms with E-state index in [9.17, 15) is 13.2 Å². The van der Waals surface area contributed by atoms with Crippen molar-refractivity contribution in [2.45, 2.75) is 6.92 Å². The van der Waals surface area contributed by atoms with Crippen LogP contribution in [0.1, 0.15) is 5.69 Å². The maximum atomic E-state index is 13.2. The zero-order valence-electron chi connectivity index (χ0n) is 18.7. The minimum absolute atomic E-state index is 0.0444. The molecule has 0 saturated heterocycles. The molecule has 0 aliphatic heterocycles. The molecule has 0 fully saturated rings. The molecule has 0 amide bonds.